The topological polar surface area (TPSA) is 34.4 Å². The summed E-state index contributed by atoms with van der Waals surface area (Å²) in [4.78, 5) is 19.2. The van der Waals surface area contributed by atoms with Crippen LogP contribution >= 0.6 is 11.3 Å². The quantitative estimate of drug-likeness (QED) is 0.595. The largest absolute Gasteiger partial charge is 0.319 e. The van der Waals surface area contributed by atoms with Crippen molar-refractivity contribution in [3.8, 4) is 11.3 Å². The lowest BCUT2D eigenvalue weighted by molar-refractivity contribution is 0.0998. The number of fused-ring (bicyclic) bond motifs is 3. The Kier molecular flexibility index (Phi) is 4.39. The smallest absolute Gasteiger partial charge is 0.279 e. The molecule has 0 aliphatic heterocycles. The van der Waals surface area contributed by atoms with Gasteiger partial charge in [0.15, 0.2) is 4.80 Å². The van der Waals surface area contributed by atoms with Crippen molar-refractivity contribution in [3.63, 3.8) is 0 Å². The highest BCUT2D eigenvalue weighted by Gasteiger charge is 2.21. The van der Waals surface area contributed by atoms with Gasteiger partial charge in [-0.3, -0.25) is 4.79 Å². The van der Waals surface area contributed by atoms with Crippen LogP contribution in [0.15, 0.2) is 53.5 Å². The average molecular weight is 377 g/mol. The summed E-state index contributed by atoms with van der Waals surface area (Å²) in [6.45, 7) is 6.51. The van der Waals surface area contributed by atoms with Gasteiger partial charge in [0.05, 0.1) is 5.69 Å². The minimum absolute atomic E-state index is 0.0748. The first kappa shape index (κ1) is 17.9. The summed E-state index contributed by atoms with van der Waals surface area (Å²) < 4.78 is 2.07. The standard InChI is InChI=1S/C23H24N2OS/c1-23(2,3)17-12-9-16(10-13-17)21(26)24-22-25(4)20-18-8-6-5-7-15(18)11-14-19(20)27-22/h5-10,12-13H,11,14H2,1-4H3. The molecular formula is C23H24N2OS. The molecule has 138 valence electrons. The Morgan fingerprint density at radius 3 is 2.44 bits per heavy atom. The van der Waals surface area contributed by atoms with Crippen molar-refractivity contribution in [1.29, 1.82) is 0 Å². The number of aryl methyl sites for hydroxylation is 2. The highest BCUT2D eigenvalue weighted by molar-refractivity contribution is 7.09. The van der Waals surface area contributed by atoms with Crippen LogP contribution in [0, 0.1) is 0 Å². The first-order valence-electron chi connectivity index (χ1n) is 9.31. The predicted octanol–water partition coefficient (Wildman–Crippen LogP) is 4.89. The zero-order valence-corrected chi connectivity index (χ0v) is 17.1. The lowest BCUT2D eigenvalue weighted by Gasteiger charge is -2.18. The summed E-state index contributed by atoms with van der Waals surface area (Å²) in [6, 6.07) is 16.3. The van der Waals surface area contributed by atoms with E-state index in [1.54, 1.807) is 11.3 Å². The number of amides is 1. The maximum atomic E-state index is 12.7. The lowest BCUT2D eigenvalue weighted by Crippen LogP contribution is -2.15. The van der Waals surface area contributed by atoms with E-state index in [0.717, 1.165) is 17.6 Å². The number of nitrogens with zero attached hydrogens (tertiary/aromatic N) is 2. The van der Waals surface area contributed by atoms with Gasteiger partial charge < -0.3 is 4.57 Å². The van der Waals surface area contributed by atoms with Crippen molar-refractivity contribution in [1.82, 2.24) is 4.57 Å². The molecular weight excluding hydrogens is 352 g/mol. The third-order valence-electron chi connectivity index (χ3n) is 5.19. The van der Waals surface area contributed by atoms with Gasteiger partial charge in [0.1, 0.15) is 0 Å². The second-order valence-corrected chi connectivity index (χ2v) is 9.18. The minimum atomic E-state index is -0.182. The molecule has 1 amide bonds. The molecule has 4 heteroatoms. The van der Waals surface area contributed by atoms with Gasteiger partial charge in [-0.2, -0.15) is 4.99 Å². The Labute approximate surface area is 164 Å². The molecule has 0 N–H and O–H groups in total. The molecule has 0 spiro atoms. The van der Waals surface area contributed by atoms with Crippen molar-refractivity contribution in [2.24, 2.45) is 12.0 Å². The molecule has 1 aliphatic rings. The van der Waals surface area contributed by atoms with Crippen LogP contribution in [0.2, 0.25) is 0 Å². The van der Waals surface area contributed by atoms with Crippen LogP contribution in [0.4, 0.5) is 0 Å². The molecule has 0 bridgehead atoms. The third-order valence-corrected chi connectivity index (χ3v) is 6.38. The normalized spacial score (nSPS) is 14.0. The first-order valence-corrected chi connectivity index (χ1v) is 10.1. The van der Waals surface area contributed by atoms with Gasteiger partial charge in [-0.25, -0.2) is 0 Å². The monoisotopic (exact) mass is 376 g/mol. The van der Waals surface area contributed by atoms with E-state index in [4.69, 9.17) is 0 Å². The number of hydrogen-bond donors (Lipinski definition) is 0. The van der Waals surface area contributed by atoms with E-state index in [2.05, 4.69) is 54.6 Å². The Bertz CT molecular complexity index is 1080. The molecule has 0 fully saturated rings. The van der Waals surface area contributed by atoms with E-state index in [-0.39, 0.29) is 11.3 Å². The van der Waals surface area contributed by atoms with E-state index in [0.29, 0.717) is 5.56 Å². The van der Waals surface area contributed by atoms with Crippen LogP contribution in [-0.4, -0.2) is 10.5 Å². The summed E-state index contributed by atoms with van der Waals surface area (Å²) >= 11 is 1.63. The fourth-order valence-corrected chi connectivity index (χ4v) is 4.71. The van der Waals surface area contributed by atoms with Crippen LogP contribution in [0.3, 0.4) is 0 Å². The van der Waals surface area contributed by atoms with E-state index in [1.807, 2.05) is 31.3 Å². The average Bonchev–Trinajstić information content (AvgIpc) is 2.97. The molecule has 0 saturated heterocycles. The van der Waals surface area contributed by atoms with E-state index >= 15 is 0 Å². The van der Waals surface area contributed by atoms with Crippen molar-refractivity contribution >= 4 is 17.2 Å². The second-order valence-electron chi connectivity index (χ2n) is 8.12. The second kappa shape index (κ2) is 6.61. The Hall–Kier alpha value is -2.46. The maximum Gasteiger partial charge on any atom is 0.279 e. The summed E-state index contributed by atoms with van der Waals surface area (Å²) in [5.41, 5.74) is 5.76. The molecule has 3 aromatic rings. The highest BCUT2D eigenvalue weighted by atomic mass is 32.1. The van der Waals surface area contributed by atoms with Crippen LogP contribution in [0.1, 0.15) is 47.1 Å². The number of carbonyl (C=O) groups is 1. The van der Waals surface area contributed by atoms with Crippen molar-refractivity contribution in [3.05, 3.63) is 74.9 Å². The molecule has 3 nitrogen and oxygen atoms in total. The molecule has 2 aromatic carbocycles. The van der Waals surface area contributed by atoms with Crippen LogP contribution < -0.4 is 4.80 Å². The number of thiazole rings is 1. The molecule has 4 rings (SSSR count). The van der Waals surface area contributed by atoms with Gasteiger partial charge in [0.25, 0.3) is 5.91 Å². The Balaban J connectivity index is 1.72. The molecule has 27 heavy (non-hydrogen) atoms. The SMILES string of the molecule is Cn1c2c(sc1=NC(=O)c1ccc(C(C)(C)C)cc1)CCc1ccccc1-2. The number of benzene rings is 2. The Morgan fingerprint density at radius 2 is 1.74 bits per heavy atom. The maximum absolute atomic E-state index is 12.7. The van der Waals surface area contributed by atoms with Gasteiger partial charge in [-0.1, -0.05) is 57.2 Å². The number of carbonyl (C=O) groups excluding carboxylic acids is 1. The number of hydrogen-bond acceptors (Lipinski definition) is 2. The van der Waals surface area contributed by atoms with Gasteiger partial charge in [0.2, 0.25) is 0 Å². The third kappa shape index (κ3) is 3.30. The van der Waals surface area contributed by atoms with Gasteiger partial charge >= 0.3 is 0 Å². The molecule has 1 heterocycles. The van der Waals surface area contributed by atoms with E-state index in [9.17, 15) is 4.79 Å². The number of aromatic nitrogens is 1. The van der Waals surface area contributed by atoms with Crippen molar-refractivity contribution in [2.75, 3.05) is 0 Å². The summed E-state index contributed by atoms with van der Waals surface area (Å²) in [7, 11) is 2.01. The van der Waals surface area contributed by atoms with Crippen LogP contribution in [0.5, 0.6) is 0 Å². The molecule has 0 saturated carbocycles. The molecule has 0 unspecified atom stereocenters. The lowest BCUT2D eigenvalue weighted by atomic mass is 9.87. The van der Waals surface area contributed by atoms with E-state index in [1.165, 1.54) is 27.3 Å². The van der Waals surface area contributed by atoms with Crippen LogP contribution in [0.25, 0.3) is 11.3 Å². The fourth-order valence-electron chi connectivity index (χ4n) is 3.59. The summed E-state index contributed by atoms with van der Waals surface area (Å²) in [5.74, 6) is -0.182. The van der Waals surface area contributed by atoms with Gasteiger partial charge in [-0.05, 0) is 41.5 Å². The molecule has 0 radical (unpaired) electrons. The number of rotatable bonds is 1. The van der Waals surface area contributed by atoms with E-state index < -0.39 is 0 Å². The van der Waals surface area contributed by atoms with Crippen molar-refractivity contribution < 1.29 is 4.79 Å². The molecule has 1 aromatic heterocycles. The molecule has 0 atom stereocenters. The fraction of sp³-hybridized carbons (Fsp3) is 0.304. The van der Waals surface area contributed by atoms with Crippen molar-refractivity contribution in [2.45, 2.75) is 39.0 Å². The van der Waals surface area contributed by atoms with Gasteiger partial charge in [0, 0.05) is 23.1 Å². The predicted molar refractivity (Wildman–Crippen MR) is 111 cm³/mol. The Morgan fingerprint density at radius 1 is 1.04 bits per heavy atom. The summed E-state index contributed by atoms with van der Waals surface area (Å²) in [6.07, 6.45) is 2.06. The van der Waals surface area contributed by atoms with Crippen LogP contribution in [-0.2, 0) is 25.3 Å². The first-order chi connectivity index (χ1) is 12.8. The summed E-state index contributed by atoms with van der Waals surface area (Å²) in [5, 5.41) is 0. The zero-order valence-electron chi connectivity index (χ0n) is 16.2. The van der Waals surface area contributed by atoms with Gasteiger partial charge in [-0.15, -0.1) is 11.3 Å². The minimum Gasteiger partial charge on any atom is -0.319 e. The molecule has 1 aliphatic carbocycles. The highest BCUT2D eigenvalue weighted by Crippen LogP contribution is 2.34. The zero-order chi connectivity index (χ0) is 19.2.